The molecule has 1 fully saturated rings. The Labute approximate surface area is 204 Å². The zero-order chi connectivity index (χ0) is 25.2. The number of carbonyl (C=O) groups is 2. The number of esters is 1. The van der Waals surface area contributed by atoms with Crippen LogP contribution in [0, 0.1) is 0 Å². The molecule has 1 aliphatic rings. The summed E-state index contributed by atoms with van der Waals surface area (Å²) < 4.78 is 24.3. The van der Waals surface area contributed by atoms with E-state index in [4.69, 9.17) is 18.6 Å². The first-order chi connectivity index (χ1) is 16.7. The third-order valence-electron chi connectivity index (χ3n) is 5.67. The van der Waals surface area contributed by atoms with Crippen LogP contribution in [0.3, 0.4) is 0 Å². The van der Waals surface area contributed by atoms with Gasteiger partial charge in [0.15, 0.2) is 6.23 Å². The van der Waals surface area contributed by atoms with Crippen molar-refractivity contribution in [2.45, 2.75) is 71.8 Å². The molecular weight excluding hydrogens is 452 g/mol. The molecule has 0 aliphatic carbocycles. The highest BCUT2D eigenvalue weighted by atomic mass is 16.6. The Bertz CT molecular complexity index is 1200. The quantitative estimate of drug-likeness (QED) is 0.449. The molecule has 10 heteroatoms. The standard InChI is InChI=1S/C25H34N4O6/c1-6-32-23(30)22-21(26-13-15(2)28-24(31)35-25(3,4)5)20-16-14-27-29(19-9-7-8-12-33-19)17(16)10-11-18(20)34-22/h10-11,14-15,19,26H,6-9,12-13H2,1-5H3,(H,28,31)/t15-,19?/m1/s1. The minimum atomic E-state index is -0.594. The van der Waals surface area contributed by atoms with Gasteiger partial charge in [0, 0.05) is 24.6 Å². The monoisotopic (exact) mass is 486 g/mol. The molecule has 0 radical (unpaired) electrons. The largest absolute Gasteiger partial charge is 0.460 e. The van der Waals surface area contributed by atoms with Gasteiger partial charge in [0.1, 0.15) is 11.2 Å². The number of anilines is 1. The Kier molecular flexibility index (Phi) is 7.20. The van der Waals surface area contributed by atoms with Crippen molar-refractivity contribution in [2.75, 3.05) is 25.1 Å². The number of furan rings is 1. The van der Waals surface area contributed by atoms with Gasteiger partial charge in [-0.05, 0) is 66.0 Å². The number of aromatic nitrogens is 2. The number of benzene rings is 1. The Morgan fingerprint density at radius 3 is 2.77 bits per heavy atom. The van der Waals surface area contributed by atoms with E-state index >= 15 is 0 Å². The van der Waals surface area contributed by atoms with Crippen LogP contribution in [-0.4, -0.2) is 53.2 Å². The van der Waals surface area contributed by atoms with E-state index in [-0.39, 0.29) is 24.6 Å². The van der Waals surface area contributed by atoms with Gasteiger partial charge < -0.3 is 29.3 Å². The van der Waals surface area contributed by atoms with E-state index in [1.807, 2.05) is 44.5 Å². The lowest BCUT2D eigenvalue weighted by Gasteiger charge is -2.23. The van der Waals surface area contributed by atoms with Crippen LogP contribution >= 0.6 is 0 Å². The Morgan fingerprint density at radius 1 is 1.29 bits per heavy atom. The maximum absolute atomic E-state index is 12.7. The molecule has 1 saturated heterocycles. The number of hydrogen-bond donors (Lipinski definition) is 2. The second-order valence-electron chi connectivity index (χ2n) is 9.74. The Hall–Kier alpha value is -3.27. The summed E-state index contributed by atoms with van der Waals surface area (Å²) in [6.45, 7) is 10.3. The van der Waals surface area contributed by atoms with Gasteiger partial charge in [-0.2, -0.15) is 5.10 Å². The highest BCUT2D eigenvalue weighted by molar-refractivity contribution is 6.15. The van der Waals surface area contributed by atoms with Gasteiger partial charge in [-0.3, -0.25) is 0 Å². The van der Waals surface area contributed by atoms with Gasteiger partial charge in [-0.15, -0.1) is 0 Å². The summed E-state index contributed by atoms with van der Waals surface area (Å²) in [5, 5.41) is 12.3. The third kappa shape index (κ3) is 5.53. The molecular formula is C25H34N4O6. The fourth-order valence-corrected chi connectivity index (χ4v) is 4.19. The number of fused-ring (bicyclic) bond motifs is 3. The number of alkyl carbamates (subject to hydrolysis) is 1. The fraction of sp³-hybridized carbons (Fsp3) is 0.560. The molecule has 3 heterocycles. The van der Waals surface area contributed by atoms with Gasteiger partial charge >= 0.3 is 12.1 Å². The summed E-state index contributed by atoms with van der Waals surface area (Å²) >= 11 is 0. The molecule has 1 aliphatic heterocycles. The molecule has 2 aromatic heterocycles. The smallest absolute Gasteiger partial charge is 0.407 e. The van der Waals surface area contributed by atoms with E-state index in [9.17, 15) is 9.59 Å². The molecule has 1 unspecified atom stereocenters. The first kappa shape index (κ1) is 24.8. The average Bonchev–Trinajstić information content (AvgIpc) is 3.38. The summed E-state index contributed by atoms with van der Waals surface area (Å²) in [7, 11) is 0. The molecule has 4 rings (SSSR count). The highest BCUT2D eigenvalue weighted by Crippen LogP contribution is 2.38. The van der Waals surface area contributed by atoms with Gasteiger partial charge in [-0.25, -0.2) is 14.3 Å². The molecule has 35 heavy (non-hydrogen) atoms. The van der Waals surface area contributed by atoms with E-state index in [0.29, 0.717) is 24.4 Å². The van der Waals surface area contributed by atoms with E-state index < -0.39 is 17.7 Å². The summed E-state index contributed by atoms with van der Waals surface area (Å²) in [4.78, 5) is 24.9. The Morgan fingerprint density at radius 2 is 2.09 bits per heavy atom. The number of nitrogens with zero attached hydrogens (tertiary/aromatic N) is 2. The van der Waals surface area contributed by atoms with Gasteiger partial charge in [-0.1, -0.05) is 0 Å². The summed E-state index contributed by atoms with van der Waals surface area (Å²) in [5.74, 6) is -0.476. The van der Waals surface area contributed by atoms with Crippen LogP contribution in [0.25, 0.3) is 21.9 Å². The lowest BCUT2D eigenvalue weighted by Crippen LogP contribution is -2.40. The molecule has 1 amide bonds. The highest BCUT2D eigenvalue weighted by Gasteiger charge is 2.27. The van der Waals surface area contributed by atoms with E-state index in [1.165, 1.54) is 0 Å². The van der Waals surface area contributed by atoms with Gasteiger partial charge in [0.2, 0.25) is 5.76 Å². The SMILES string of the molecule is CCOC(=O)c1oc2ccc3c(cnn3C3CCCCO3)c2c1NC[C@@H](C)NC(=O)OC(C)(C)C. The van der Waals surface area contributed by atoms with Crippen LogP contribution in [0.15, 0.2) is 22.7 Å². The molecule has 10 nitrogen and oxygen atoms in total. The molecule has 0 bridgehead atoms. The summed E-state index contributed by atoms with van der Waals surface area (Å²) in [5.41, 5.74) is 1.34. The number of ether oxygens (including phenoxy) is 3. The molecule has 1 aromatic carbocycles. The first-order valence-corrected chi connectivity index (χ1v) is 12.1. The predicted molar refractivity (Wildman–Crippen MR) is 132 cm³/mol. The maximum atomic E-state index is 12.7. The lowest BCUT2D eigenvalue weighted by atomic mass is 10.1. The second-order valence-corrected chi connectivity index (χ2v) is 9.74. The normalized spacial score (nSPS) is 17.3. The van der Waals surface area contributed by atoms with Crippen LogP contribution in [0.4, 0.5) is 10.5 Å². The summed E-state index contributed by atoms with van der Waals surface area (Å²) in [6, 6.07) is 3.47. The molecule has 2 N–H and O–H groups in total. The average molecular weight is 487 g/mol. The topological polar surface area (TPSA) is 117 Å². The van der Waals surface area contributed by atoms with Crippen LogP contribution < -0.4 is 10.6 Å². The molecule has 0 spiro atoms. The van der Waals surface area contributed by atoms with Gasteiger partial charge in [0.05, 0.1) is 29.4 Å². The van der Waals surface area contributed by atoms with Crippen molar-refractivity contribution in [1.29, 1.82) is 0 Å². The van der Waals surface area contributed by atoms with Crippen molar-refractivity contribution in [3.8, 4) is 0 Å². The third-order valence-corrected chi connectivity index (χ3v) is 5.67. The molecule has 3 aromatic rings. The minimum Gasteiger partial charge on any atom is -0.460 e. The maximum Gasteiger partial charge on any atom is 0.407 e. The van der Waals surface area contributed by atoms with Crippen LogP contribution in [0.2, 0.25) is 0 Å². The lowest BCUT2D eigenvalue weighted by molar-refractivity contribution is -0.0366. The van der Waals surface area contributed by atoms with Crippen LogP contribution in [-0.2, 0) is 14.2 Å². The zero-order valence-electron chi connectivity index (χ0n) is 21.0. The van der Waals surface area contributed by atoms with Crippen molar-refractivity contribution >= 4 is 39.6 Å². The predicted octanol–water partition coefficient (Wildman–Crippen LogP) is 4.98. The van der Waals surface area contributed by atoms with Crippen molar-refractivity contribution in [1.82, 2.24) is 15.1 Å². The zero-order valence-corrected chi connectivity index (χ0v) is 21.0. The van der Waals surface area contributed by atoms with E-state index in [1.54, 1.807) is 13.1 Å². The van der Waals surface area contributed by atoms with Crippen molar-refractivity contribution in [3.63, 3.8) is 0 Å². The van der Waals surface area contributed by atoms with Crippen LogP contribution in [0.1, 0.15) is 70.7 Å². The van der Waals surface area contributed by atoms with E-state index in [0.717, 1.165) is 35.6 Å². The van der Waals surface area contributed by atoms with Crippen molar-refractivity contribution in [3.05, 3.63) is 24.1 Å². The molecule has 190 valence electrons. The molecule has 0 saturated carbocycles. The molecule has 2 atom stereocenters. The minimum absolute atomic E-state index is 0.0838. The van der Waals surface area contributed by atoms with Crippen molar-refractivity contribution in [2.24, 2.45) is 0 Å². The number of nitrogens with one attached hydrogen (secondary N) is 2. The number of rotatable bonds is 7. The first-order valence-electron chi connectivity index (χ1n) is 12.1. The van der Waals surface area contributed by atoms with E-state index in [2.05, 4.69) is 15.7 Å². The van der Waals surface area contributed by atoms with Gasteiger partial charge in [0.25, 0.3) is 0 Å². The fourth-order valence-electron chi connectivity index (χ4n) is 4.19. The van der Waals surface area contributed by atoms with Crippen LogP contribution in [0.5, 0.6) is 0 Å². The van der Waals surface area contributed by atoms with Crippen molar-refractivity contribution < 1.29 is 28.2 Å². The number of amides is 1. The number of carbonyl (C=O) groups excluding carboxylic acids is 2. The summed E-state index contributed by atoms with van der Waals surface area (Å²) in [6.07, 6.45) is 4.17. The second kappa shape index (κ2) is 10.2. The number of hydrogen-bond acceptors (Lipinski definition) is 8. The Balaban J connectivity index is 1.66.